The van der Waals surface area contributed by atoms with Crippen molar-refractivity contribution in [1.82, 2.24) is 4.98 Å². The van der Waals surface area contributed by atoms with Crippen molar-refractivity contribution in [2.45, 2.75) is 31.7 Å². The van der Waals surface area contributed by atoms with Crippen molar-refractivity contribution in [2.24, 2.45) is 0 Å². The molecule has 1 aromatic heterocycles. The molecular formula is C17H25NO3Si. The molecule has 0 N–H and O–H groups in total. The van der Waals surface area contributed by atoms with Gasteiger partial charge in [0.1, 0.15) is 0 Å². The third-order valence-electron chi connectivity index (χ3n) is 4.09. The molecule has 0 saturated heterocycles. The van der Waals surface area contributed by atoms with Gasteiger partial charge in [-0.1, -0.05) is 24.6 Å². The Morgan fingerprint density at radius 1 is 0.909 bits per heavy atom. The Labute approximate surface area is 133 Å². The molecule has 2 rings (SSSR count). The number of unbranched alkanes of at least 4 members (excludes halogenated alkanes) is 2. The molecule has 22 heavy (non-hydrogen) atoms. The zero-order chi connectivity index (χ0) is 15.8. The molecule has 0 amide bonds. The minimum atomic E-state index is -2.39. The first kappa shape index (κ1) is 17.1. The molecule has 1 heterocycles. The van der Waals surface area contributed by atoms with Gasteiger partial charge >= 0.3 is 8.80 Å². The number of nitrogens with zero attached hydrogens (tertiary/aromatic N) is 1. The lowest BCUT2D eigenvalue weighted by molar-refractivity contribution is 0.122. The Hall–Kier alpha value is -1.27. The standard InChI is InChI=1S/C17H25NO3Si/c1-19-22(20-2,21-3)12-6-4-5-7-15-8-9-17-14-18-11-10-16(17)13-15/h8-11,13-14H,4-7,12H2,1-3H3. The van der Waals surface area contributed by atoms with Crippen molar-refractivity contribution in [3.05, 3.63) is 42.2 Å². The highest BCUT2D eigenvalue weighted by molar-refractivity contribution is 6.60. The summed E-state index contributed by atoms with van der Waals surface area (Å²) >= 11 is 0. The van der Waals surface area contributed by atoms with Gasteiger partial charge in [-0.3, -0.25) is 4.98 Å². The van der Waals surface area contributed by atoms with Gasteiger partial charge in [0.25, 0.3) is 0 Å². The molecule has 120 valence electrons. The second-order valence-electron chi connectivity index (χ2n) is 5.41. The van der Waals surface area contributed by atoms with Gasteiger partial charge in [0.15, 0.2) is 0 Å². The topological polar surface area (TPSA) is 40.6 Å². The molecule has 5 heteroatoms. The van der Waals surface area contributed by atoms with Crippen molar-refractivity contribution < 1.29 is 13.3 Å². The van der Waals surface area contributed by atoms with E-state index in [2.05, 4.69) is 29.2 Å². The second kappa shape index (κ2) is 8.38. The van der Waals surface area contributed by atoms with Crippen LogP contribution in [-0.4, -0.2) is 35.1 Å². The fourth-order valence-electron chi connectivity index (χ4n) is 2.69. The van der Waals surface area contributed by atoms with Crippen LogP contribution in [0.1, 0.15) is 24.8 Å². The Bertz CT molecular complexity index is 579. The van der Waals surface area contributed by atoms with Crippen LogP contribution in [0.15, 0.2) is 36.7 Å². The van der Waals surface area contributed by atoms with Crippen molar-refractivity contribution in [1.29, 1.82) is 0 Å². The van der Waals surface area contributed by atoms with Gasteiger partial charge in [0, 0.05) is 45.2 Å². The van der Waals surface area contributed by atoms with E-state index in [0.29, 0.717) is 0 Å². The van der Waals surface area contributed by atoms with Crippen molar-refractivity contribution in [3.63, 3.8) is 0 Å². The van der Waals surface area contributed by atoms with Crippen LogP contribution in [0.5, 0.6) is 0 Å². The summed E-state index contributed by atoms with van der Waals surface area (Å²) < 4.78 is 16.3. The minimum Gasteiger partial charge on any atom is -0.377 e. The number of hydrogen-bond acceptors (Lipinski definition) is 4. The normalized spacial score (nSPS) is 12.0. The molecule has 0 bridgehead atoms. The van der Waals surface area contributed by atoms with E-state index in [0.717, 1.165) is 31.7 Å². The van der Waals surface area contributed by atoms with E-state index >= 15 is 0 Å². The van der Waals surface area contributed by atoms with Gasteiger partial charge in [-0.25, -0.2) is 0 Å². The average Bonchev–Trinajstić information content (AvgIpc) is 2.58. The molecule has 0 radical (unpaired) electrons. The van der Waals surface area contributed by atoms with Gasteiger partial charge in [0.05, 0.1) is 0 Å². The number of fused-ring (bicyclic) bond motifs is 1. The Morgan fingerprint density at radius 3 is 2.41 bits per heavy atom. The van der Waals surface area contributed by atoms with Gasteiger partial charge < -0.3 is 13.3 Å². The maximum atomic E-state index is 5.44. The first-order chi connectivity index (χ1) is 10.7. The van der Waals surface area contributed by atoms with Crippen LogP contribution in [0.4, 0.5) is 0 Å². The molecule has 0 spiro atoms. The Balaban J connectivity index is 1.78. The first-order valence-corrected chi connectivity index (χ1v) is 9.64. The fourth-order valence-corrected chi connectivity index (χ4v) is 4.49. The molecule has 0 aliphatic carbocycles. The number of hydrogen-bond donors (Lipinski definition) is 0. The van der Waals surface area contributed by atoms with Crippen LogP contribution >= 0.6 is 0 Å². The zero-order valence-electron chi connectivity index (χ0n) is 13.7. The molecule has 2 aromatic rings. The predicted octanol–water partition coefficient (Wildman–Crippen LogP) is 3.83. The van der Waals surface area contributed by atoms with E-state index < -0.39 is 8.80 Å². The first-order valence-electron chi connectivity index (χ1n) is 7.71. The predicted molar refractivity (Wildman–Crippen MR) is 90.9 cm³/mol. The number of aromatic nitrogens is 1. The monoisotopic (exact) mass is 319 g/mol. The summed E-state index contributed by atoms with van der Waals surface area (Å²) in [7, 11) is 2.62. The highest BCUT2D eigenvalue weighted by Crippen LogP contribution is 2.19. The Morgan fingerprint density at radius 2 is 1.68 bits per heavy atom. The zero-order valence-corrected chi connectivity index (χ0v) is 14.7. The van der Waals surface area contributed by atoms with Gasteiger partial charge in [-0.05, 0) is 36.3 Å². The number of benzene rings is 1. The lowest BCUT2D eigenvalue weighted by Gasteiger charge is -2.24. The van der Waals surface area contributed by atoms with Crippen LogP contribution in [0.2, 0.25) is 6.04 Å². The van der Waals surface area contributed by atoms with Crippen molar-refractivity contribution >= 4 is 19.6 Å². The van der Waals surface area contributed by atoms with E-state index in [1.54, 1.807) is 21.3 Å². The molecule has 0 unspecified atom stereocenters. The summed E-state index contributed by atoms with van der Waals surface area (Å²) in [4.78, 5) is 4.14. The maximum absolute atomic E-state index is 5.44. The molecular weight excluding hydrogens is 294 g/mol. The molecule has 0 saturated carbocycles. The number of pyridine rings is 1. The van der Waals surface area contributed by atoms with E-state index in [1.807, 2.05) is 12.4 Å². The van der Waals surface area contributed by atoms with Crippen molar-refractivity contribution in [2.75, 3.05) is 21.3 Å². The van der Waals surface area contributed by atoms with Gasteiger partial charge in [-0.2, -0.15) is 0 Å². The van der Waals surface area contributed by atoms with E-state index in [1.165, 1.54) is 16.3 Å². The lowest BCUT2D eigenvalue weighted by Crippen LogP contribution is -2.42. The van der Waals surface area contributed by atoms with Gasteiger partial charge in [0.2, 0.25) is 0 Å². The third kappa shape index (κ3) is 4.36. The summed E-state index contributed by atoms with van der Waals surface area (Å²) in [6.45, 7) is 0. The largest absolute Gasteiger partial charge is 0.500 e. The van der Waals surface area contributed by atoms with Crippen LogP contribution < -0.4 is 0 Å². The minimum absolute atomic E-state index is 0.875. The summed E-state index contributed by atoms with van der Waals surface area (Å²) in [5.41, 5.74) is 1.38. The maximum Gasteiger partial charge on any atom is 0.500 e. The lowest BCUT2D eigenvalue weighted by atomic mass is 10.0. The number of aryl methyl sites for hydroxylation is 1. The van der Waals surface area contributed by atoms with Crippen LogP contribution in [0.25, 0.3) is 10.8 Å². The van der Waals surface area contributed by atoms with Crippen molar-refractivity contribution in [3.8, 4) is 0 Å². The smallest absolute Gasteiger partial charge is 0.377 e. The quantitative estimate of drug-likeness (QED) is 0.520. The second-order valence-corrected chi connectivity index (χ2v) is 8.50. The highest BCUT2D eigenvalue weighted by Gasteiger charge is 2.36. The molecule has 0 aliphatic rings. The molecule has 1 aromatic carbocycles. The van der Waals surface area contributed by atoms with E-state index in [4.69, 9.17) is 13.3 Å². The summed E-state index contributed by atoms with van der Waals surface area (Å²) in [6.07, 6.45) is 8.23. The van der Waals surface area contributed by atoms with E-state index in [-0.39, 0.29) is 0 Å². The van der Waals surface area contributed by atoms with Crippen LogP contribution in [0, 0.1) is 0 Å². The fraction of sp³-hybridized carbons (Fsp3) is 0.471. The van der Waals surface area contributed by atoms with Crippen LogP contribution in [-0.2, 0) is 19.7 Å². The third-order valence-corrected chi connectivity index (χ3v) is 6.92. The molecule has 0 fully saturated rings. The molecule has 0 aliphatic heterocycles. The van der Waals surface area contributed by atoms with E-state index in [9.17, 15) is 0 Å². The van der Waals surface area contributed by atoms with Gasteiger partial charge in [-0.15, -0.1) is 0 Å². The highest BCUT2D eigenvalue weighted by atomic mass is 28.4. The Kier molecular flexibility index (Phi) is 6.51. The SMILES string of the molecule is CO[Si](CCCCCc1ccc2cnccc2c1)(OC)OC. The summed E-state index contributed by atoms with van der Waals surface area (Å²) in [6, 6.07) is 9.54. The van der Waals surface area contributed by atoms with Crippen LogP contribution in [0.3, 0.4) is 0 Å². The summed E-state index contributed by atoms with van der Waals surface area (Å²) in [5, 5.41) is 2.46. The molecule has 0 atom stereocenters. The molecule has 4 nitrogen and oxygen atoms in total. The number of rotatable bonds is 9. The summed E-state index contributed by atoms with van der Waals surface area (Å²) in [5.74, 6) is 0. The average molecular weight is 319 g/mol.